The van der Waals surface area contributed by atoms with E-state index in [1.165, 1.54) is 10.9 Å². The molecule has 7 heteroatoms. The first-order valence-electron chi connectivity index (χ1n) is 10.8. The van der Waals surface area contributed by atoms with E-state index in [1.807, 2.05) is 36.4 Å². The fourth-order valence-electron chi connectivity index (χ4n) is 4.38. The van der Waals surface area contributed by atoms with E-state index < -0.39 is 0 Å². The molecule has 1 fully saturated rings. The van der Waals surface area contributed by atoms with Crippen molar-refractivity contribution in [2.24, 2.45) is 0 Å². The molecule has 2 aromatic carbocycles. The Morgan fingerprint density at radius 1 is 1.03 bits per heavy atom. The van der Waals surface area contributed by atoms with Crippen molar-refractivity contribution in [3.05, 3.63) is 59.3 Å². The summed E-state index contributed by atoms with van der Waals surface area (Å²) in [5.74, 6) is 0.640. The summed E-state index contributed by atoms with van der Waals surface area (Å²) >= 11 is 0. The lowest BCUT2D eigenvalue weighted by atomic mass is 10.0. The average molecular weight is 450 g/mol. The number of methoxy groups -OCH3 is 1. The third kappa shape index (κ3) is 4.99. The maximum Gasteiger partial charge on any atom is 0.138 e. The van der Waals surface area contributed by atoms with Gasteiger partial charge < -0.3 is 14.6 Å². The van der Waals surface area contributed by atoms with Crippen molar-refractivity contribution in [3.8, 4) is 17.9 Å². The van der Waals surface area contributed by atoms with Crippen LogP contribution in [0.3, 0.4) is 0 Å². The number of hydrogen-bond donors (Lipinski definition) is 1. The number of aromatic nitrogens is 1. The van der Waals surface area contributed by atoms with Crippen molar-refractivity contribution >= 4 is 29.0 Å². The predicted molar refractivity (Wildman–Crippen MR) is 130 cm³/mol. The molecule has 1 aromatic heterocycles. The number of aromatic amines is 1. The van der Waals surface area contributed by atoms with Crippen LogP contribution in [0.2, 0.25) is 0 Å². The minimum absolute atomic E-state index is 0. The summed E-state index contributed by atoms with van der Waals surface area (Å²) in [7, 11) is 1.61. The van der Waals surface area contributed by atoms with Gasteiger partial charge in [0.15, 0.2) is 0 Å². The van der Waals surface area contributed by atoms with Gasteiger partial charge >= 0.3 is 0 Å². The molecule has 0 aliphatic carbocycles. The van der Waals surface area contributed by atoms with Gasteiger partial charge in [-0.25, -0.2) is 0 Å². The van der Waals surface area contributed by atoms with Gasteiger partial charge in [0.1, 0.15) is 17.4 Å². The van der Waals surface area contributed by atoms with Crippen LogP contribution in [0, 0.1) is 22.7 Å². The summed E-state index contributed by atoms with van der Waals surface area (Å²) in [4.78, 5) is 8.10. The number of halogens is 1. The van der Waals surface area contributed by atoms with Crippen LogP contribution in [0.15, 0.2) is 42.6 Å². The molecule has 1 N–H and O–H groups in total. The van der Waals surface area contributed by atoms with E-state index in [0.29, 0.717) is 16.9 Å². The number of hydrogen-bond acceptors (Lipinski definition) is 5. The highest BCUT2D eigenvalue weighted by molar-refractivity contribution is 5.85. The molecule has 0 radical (unpaired) electrons. The molecule has 2 heterocycles. The Kier molecular flexibility index (Phi) is 8.00. The van der Waals surface area contributed by atoms with Crippen molar-refractivity contribution in [1.82, 2.24) is 9.88 Å². The molecule has 0 spiro atoms. The topological polar surface area (TPSA) is 79.1 Å². The second kappa shape index (κ2) is 10.9. The Morgan fingerprint density at radius 2 is 1.84 bits per heavy atom. The summed E-state index contributed by atoms with van der Waals surface area (Å²) < 4.78 is 5.35. The standard InChI is InChI=1S/C25H27N5O.ClH/c1-31-25-7-4-6-24(22(25)17-27)30-13-11-29(12-14-30)10-3-2-5-20-18-28-23-9-8-19(16-26)15-21(20)23;/h4,6-9,15,18,28H,2-3,5,10-14H2,1H3;1H. The summed E-state index contributed by atoms with van der Waals surface area (Å²) in [6, 6.07) is 16.1. The molecule has 0 atom stereocenters. The van der Waals surface area contributed by atoms with Crippen LogP contribution in [-0.2, 0) is 6.42 Å². The molecule has 1 aliphatic rings. The highest BCUT2D eigenvalue weighted by atomic mass is 35.5. The number of fused-ring (bicyclic) bond motifs is 1. The first kappa shape index (κ1) is 23.5. The summed E-state index contributed by atoms with van der Waals surface area (Å²) in [6.45, 7) is 4.92. The number of H-pyrrole nitrogens is 1. The smallest absolute Gasteiger partial charge is 0.138 e. The summed E-state index contributed by atoms with van der Waals surface area (Å²) in [5, 5.41) is 19.9. The van der Waals surface area contributed by atoms with E-state index in [9.17, 15) is 5.26 Å². The average Bonchev–Trinajstić information content (AvgIpc) is 3.23. The molecule has 1 aliphatic heterocycles. The predicted octanol–water partition coefficient (Wildman–Crippen LogP) is 4.49. The third-order valence-corrected chi connectivity index (χ3v) is 6.12. The van der Waals surface area contributed by atoms with Crippen LogP contribution in [0.5, 0.6) is 5.75 Å². The van der Waals surface area contributed by atoms with E-state index in [2.05, 4.69) is 33.1 Å². The zero-order chi connectivity index (χ0) is 21.6. The van der Waals surface area contributed by atoms with Gasteiger partial charge in [0, 0.05) is 43.3 Å². The number of aryl methyl sites for hydroxylation is 1. The largest absolute Gasteiger partial charge is 0.495 e. The van der Waals surface area contributed by atoms with Crippen LogP contribution in [0.1, 0.15) is 29.5 Å². The first-order chi connectivity index (χ1) is 15.2. The fourth-order valence-corrected chi connectivity index (χ4v) is 4.38. The highest BCUT2D eigenvalue weighted by Crippen LogP contribution is 2.29. The lowest BCUT2D eigenvalue weighted by molar-refractivity contribution is 0.253. The van der Waals surface area contributed by atoms with Crippen LogP contribution in [0.4, 0.5) is 5.69 Å². The molecule has 0 unspecified atom stereocenters. The maximum absolute atomic E-state index is 9.54. The number of nitrogens with zero attached hydrogens (tertiary/aromatic N) is 4. The molecule has 4 rings (SSSR count). The van der Waals surface area contributed by atoms with Crippen LogP contribution >= 0.6 is 12.4 Å². The second-order valence-corrected chi connectivity index (χ2v) is 7.94. The Bertz CT molecular complexity index is 1140. The van der Waals surface area contributed by atoms with E-state index in [0.717, 1.165) is 63.2 Å². The van der Waals surface area contributed by atoms with Crippen molar-refractivity contribution in [2.75, 3.05) is 44.7 Å². The number of nitrogens with one attached hydrogen (secondary N) is 1. The quantitative estimate of drug-likeness (QED) is 0.538. The minimum Gasteiger partial charge on any atom is -0.495 e. The second-order valence-electron chi connectivity index (χ2n) is 7.94. The molecule has 6 nitrogen and oxygen atoms in total. The number of unbranched alkanes of at least 4 members (excludes halogenated alkanes) is 1. The molecule has 3 aromatic rings. The number of anilines is 1. The summed E-state index contributed by atoms with van der Waals surface area (Å²) in [5.41, 5.74) is 4.69. The van der Waals surface area contributed by atoms with E-state index in [4.69, 9.17) is 10.00 Å². The number of ether oxygens (including phenoxy) is 1. The SMILES string of the molecule is COc1cccc(N2CCN(CCCCc3c[nH]c4ccc(C#N)cc34)CC2)c1C#N.Cl. The first-order valence-corrected chi connectivity index (χ1v) is 10.8. The Labute approximate surface area is 195 Å². The van der Waals surface area contributed by atoms with Crippen LogP contribution in [0.25, 0.3) is 10.9 Å². The fraction of sp³-hybridized carbons (Fsp3) is 0.360. The lowest BCUT2D eigenvalue weighted by Gasteiger charge is -2.36. The van der Waals surface area contributed by atoms with Gasteiger partial charge in [0.05, 0.1) is 24.4 Å². The van der Waals surface area contributed by atoms with E-state index in [-0.39, 0.29) is 12.4 Å². The van der Waals surface area contributed by atoms with E-state index in [1.54, 1.807) is 7.11 Å². The Balaban J connectivity index is 0.00000289. The van der Waals surface area contributed by atoms with Gasteiger partial charge in [-0.1, -0.05) is 6.07 Å². The summed E-state index contributed by atoms with van der Waals surface area (Å²) in [6.07, 6.45) is 5.36. The molecule has 166 valence electrons. The maximum atomic E-state index is 9.54. The zero-order valence-corrected chi connectivity index (χ0v) is 19.1. The normalized spacial score (nSPS) is 13.9. The molecule has 0 saturated carbocycles. The van der Waals surface area contributed by atoms with Gasteiger partial charge in [0.25, 0.3) is 0 Å². The number of nitriles is 2. The molecule has 0 bridgehead atoms. The van der Waals surface area contributed by atoms with Gasteiger partial charge in [-0.05, 0) is 61.7 Å². The minimum atomic E-state index is 0. The van der Waals surface area contributed by atoms with Gasteiger partial charge in [0.2, 0.25) is 0 Å². The number of benzene rings is 2. The van der Waals surface area contributed by atoms with E-state index >= 15 is 0 Å². The number of piperazine rings is 1. The number of rotatable bonds is 7. The Hall–Kier alpha value is -3.19. The van der Waals surface area contributed by atoms with Gasteiger partial charge in [-0.15, -0.1) is 12.4 Å². The van der Waals surface area contributed by atoms with Crippen molar-refractivity contribution in [3.63, 3.8) is 0 Å². The lowest BCUT2D eigenvalue weighted by Crippen LogP contribution is -2.46. The monoisotopic (exact) mass is 449 g/mol. The van der Waals surface area contributed by atoms with Crippen LogP contribution in [-0.4, -0.2) is 49.7 Å². The third-order valence-electron chi connectivity index (χ3n) is 6.12. The van der Waals surface area contributed by atoms with Crippen LogP contribution < -0.4 is 9.64 Å². The van der Waals surface area contributed by atoms with Crippen molar-refractivity contribution in [2.45, 2.75) is 19.3 Å². The van der Waals surface area contributed by atoms with Gasteiger partial charge in [-0.3, -0.25) is 4.90 Å². The van der Waals surface area contributed by atoms with Crippen molar-refractivity contribution in [1.29, 1.82) is 10.5 Å². The molecular weight excluding hydrogens is 422 g/mol. The Morgan fingerprint density at radius 3 is 2.56 bits per heavy atom. The molecular formula is C25H28ClN5O. The van der Waals surface area contributed by atoms with Gasteiger partial charge in [-0.2, -0.15) is 10.5 Å². The van der Waals surface area contributed by atoms with Crippen molar-refractivity contribution < 1.29 is 4.74 Å². The molecule has 1 saturated heterocycles. The molecule has 0 amide bonds. The molecule has 32 heavy (non-hydrogen) atoms. The highest BCUT2D eigenvalue weighted by Gasteiger charge is 2.20. The zero-order valence-electron chi connectivity index (χ0n) is 18.3.